The number of carbonyl (C=O) groups is 1. The molecule has 0 spiro atoms. The van der Waals surface area contributed by atoms with Crippen LogP contribution in [0.25, 0.3) is 0 Å². The number of hydrogen-bond donors (Lipinski definition) is 2. The van der Waals surface area contributed by atoms with Crippen molar-refractivity contribution in [2.24, 2.45) is 0 Å². The Bertz CT molecular complexity index is 755. The van der Waals surface area contributed by atoms with Crippen molar-refractivity contribution < 1.29 is 9.53 Å². The lowest BCUT2D eigenvalue weighted by atomic mass is 9.99. The first-order valence-corrected chi connectivity index (χ1v) is 8.13. The molecule has 1 aliphatic rings. The van der Waals surface area contributed by atoms with Crippen LogP contribution in [-0.2, 0) is 17.8 Å². The monoisotopic (exact) mass is 397 g/mol. The van der Waals surface area contributed by atoms with Crippen molar-refractivity contribution in [2.45, 2.75) is 25.9 Å². The highest BCUT2D eigenvalue weighted by atomic mass is 35.5. The number of methoxy groups -OCH3 is 1. The van der Waals surface area contributed by atoms with Gasteiger partial charge in [-0.05, 0) is 42.7 Å². The normalized spacial score (nSPS) is 14.2. The van der Waals surface area contributed by atoms with Gasteiger partial charge in [-0.15, -0.1) is 24.8 Å². The van der Waals surface area contributed by atoms with Crippen LogP contribution in [0, 0.1) is 0 Å². The van der Waals surface area contributed by atoms with Gasteiger partial charge >= 0.3 is 0 Å². The summed E-state index contributed by atoms with van der Waals surface area (Å²) in [5.74, 6) is 0.577. The molecule has 7 heteroatoms. The van der Waals surface area contributed by atoms with Gasteiger partial charge in [-0.1, -0.05) is 24.3 Å². The second-order valence-electron chi connectivity index (χ2n) is 6.11. The SMILES string of the molecule is COc1ccc(NC(=O)C(C)N2CCc3ccccc3C2)cc1N.Cl.Cl. The van der Waals surface area contributed by atoms with E-state index in [1.807, 2.05) is 13.0 Å². The summed E-state index contributed by atoms with van der Waals surface area (Å²) >= 11 is 0. The molecule has 3 N–H and O–H groups in total. The molecule has 2 aromatic carbocycles. The fourth-order valence-electron chi connectivity index (χ4n) is 3.07. The van der Waals surface area contributed by atoms with Gasteiger partial charge in [-0.2, -0.15) is 0 Å². The number of ether oxygens (including phenoxy) is 1. The van der Waals surface area contributed by atoms with Gasteiger partial charge in [0.25, 0.3) is 0 Å². The van der Waals surface area contributed by atoms with E-state index in [-0.39, 0.29) is 36.8 Å². The van der Waals surface area contributed by atoms with Gasteiger partial charge in [0.15, 0.2) is 0 Å². The van der Waals surface area contributed by atoms with Crippen LogP contribution in [-0.4, -0.2) is 30.5 Å². The molecule has 0 aromatic heterocycles. The topological polar surface area (TPSA) is 67.6 Å². The molecule has 0 fully saturated rings. The zero-order valence-corrected chi connectivity index (χ0v) is 16.5. The summed E-state index contributed by atoms with van der Waals surface area (Å²) < 4.78 is 5.13. The van der Waals surface area contributed by atoms with E-state index >= 15 is 0 Å². The largest absolute Gasteiger partial charge is 0.495 e. The molecule has 0 aliphatic carbocycles. The van der Waals surface area contributed by atoms with Crippen molar-refractivity contribution in [3.05, 3.63) is 53.6 Å². The van der Waals surface area contributed by atoms with Crippen LogP contribution in [0.3, 0.4) is 0 Å². The molecule has 0 saturated carbocycles. The highest BCUT2D eigenvalue weighted by molar-refractivity contribution is 5.95. The van der Waals surface area contributed by atoms with Gasteiger partial charge in [0.2, 0.25) is 5.91 Å². The van der Waals surface area contributed by atoms with Gasteiger partial charge in [0.1, 0.15) is 5.75 Å². The maximum absolute atomic E-state index is 12.6. The van der Waals surface area contributed by atoms with Crippen molar-refractivity contribution in [1.29, 1.82) is 0 Å². The average Bonchev–Trinajstić information content (AvgIpc) is 2.60. The van der Waals surface area contributed by atoms with Crippen LogP contribution in [0.2, 0.25) is 0 Å². The highest BCUT2D eigenvalue weighted by Crippen LogP contribution is 2.25. The van der Waals surface area contributed by atoms with Gasteiger partial charge in [-0.25, -0.2) is 0 Å². The second-order valence-corrected chi connectivity index (χ2v) is 6.11. The van der Waals surface area contributed by atoms with Gasteiger partial charge in [-0.3, -0.25) is 9.69 Å². The number of nitrogens with two attached hydrogens (primary N) is 1. The Kier molecular flexibility index (Phi) is 8.21. The first-order chi connectivity index (χ1) is 11.6. The van der Waals surface area contributed by atoms with E-state index in [0.717, 1.165) is 19.5 Å². The number of rotatable bonds is 4. The zero-order chi connectivity index (χ0) is 17.1. The maximum Gasteiger partial charge on any atom is 0.241 e. The third-order valence-corrected chi connectivity index (χ3v) is 4.58. The van der Waals surface area contributed by atoms with E-state index < -0.39 is 0 Å². The molecule has 2 aromatic rings. The fourth-order valence-corrected chi connectivity index (χ4v) is 3.07. The van der Waals surface area contributed by atoms with Crippen LogP contribution in [0.1, 0.15) is 18.1 Å². The summed E-state index contributed by atoms with van der Waals surface area (Å²) in [7, 11) is 1.57. The van der Waals surface area contributed by atoms with E-state index in [9.17, 15) is 4.79 Å². The summed E-state index contributed by atoms with van der Waals surface area (Å²) in [6, 6.07) is 13.5. The second kappa shape index (κ2) is 9.67. The molecule has 0 radical (unpaired) electrons. The van der Waals surface area contributed by atoms with Gasteiger partial charge < -0.3 is 15.8 Å². The minimum atomic E-state index is -0.207. The molecule has 0 saturated heterocycles. The van der Waals surface area contributed by atoms with E-state index in [1.165, 1.54) is 11.1 Å². The summed E-state index contributed by atoms with van der Waals surface area (Å²) in [6.07, 6.45) is 0.975. The van der Waals surface area contributed by atoms with E-state index in [0.29, 0.717) is 17.1 Å². The number of hydrogen-bond acceptors (Lipinski definition) is 4. The first-order valence-electron chi connectivity index (χ1n) is 8.13. The Hall–Kier alpha value is -1.95. The number of amides is 1. The lowest BCUT2D eigenvalue weighted by Crippen LogP contribution is -2.44. The molecule has 0 bridgehead atoms. The minimum Gasteiger partial charge on any atom is -0.495 e. The molecular weight excluding hydrogens is 373 g/mol. The molecule has 1 amide bonds. The van der Waals surface area contributed by atoms with E-state index in [2.05, 4.69) is 28.4 Å². The Labute approximate surface area is 166 Å². The number of carbonyl (C=O) groups excluding carboxylic acids is 1. The number of fused-ring (bicyclic) bond motifs is 1. The summed E-state index contributed by atoms with van der Waals surface area (Å²) in [5, 5.41) is 2.94. The molecule has 3 rings (SSSR count). The predicted octanol–water partition coefficient (Wildman–Crippen LogP) is 3.51. The standard InChI is InChI=1S/C19H23N3O2.2ClH/c1-13(22-10-9-14-5-3-4-6-15(14)12-22)19(23)21-16-7-8-18(24-2)17(20)11-16;;/h3-8,11,13H,9-10,12,20H2,1-2H3,(H,21,23);2*1H. The predicted molar refractivity (Wildman–Crippen MR) is 111 cm³/mol. The van der Waals surface area contributed by atoms with Crippen molar-refractivity contribution >= 4 is 42.1 Å². The molecular formula is C19H25Cl2N3O2. The summed E-state index contributed by atoms with van der Waals surface area (Å²) in [4.78, 5) is 14.8. The van der Waals surface area contributed by atoms with Crippen molar-refractivity contribution in [1.82, 2.24) is 4.90 Å². The molecule has 5 nitrogen and oxygen atoms in total. The van der Waals surface area contributed by atoms with Crippen LogP contribution in [0.5, 0.6) is 5.75 Å². The zero-order valence-electron chi connectivity index (χ0n) is 14.9. The third-order valence-electron chi connectivity index (χ3n) is 4.58. The molecule has 142 valence electrons. The maximum atomic E-state index is 12.6. The number of anilines is 2. The van der Waals surface area contributed by atoms with Gasteiger partial charge in [0.05, 0.1) is 18.8 Å². The van der Waals surface area contributed by atoms with Crippen LogP contribution in [0.4, 0.5) is 11.4 Å². The Morgan fingerprint density at radius 3 is 2.54 bits per heavy atom. The minimum absolute atomic E-state index is 0. The van der Waals surface area contributed by atoms with Gasteiger partial charge in [0, 0.05) is 18.8 Å². The van der Waals surface area contributed by atoms with Crippen LogP contribution >= 0.6 is 24.8 Å². The van der Waals surface area contributed by atoms with Crippen molar-refractivity contribution in [3.63, 3.8) is 0 Å². The summed E-state index contributed by atoms with van der Waals surface area (Å²) in [5.41, 5.74) is 9.77. The number of nitrogens with one attached hydrogen (secondary N) is 1. The van der Waals surface area contributed by atoms with E-state index in [1.54, 1.807) is 25.3 Å². The average molecular weight is 398 g/mol. The van der Waals surface area contributed by atoms with Crippen molar-refractivity contribution in [2.75, 3.05) is 24.7 Å². The quantitative estimate of drug-likeness (QED) is 0.774. The number of benzene rings is 2. The van der Waals surface area contributed by atoms with Crippen LogP contribution < -0.4 is 15.8 Å². The molecule has 1 atom stereocenters. The number of halogens is 2. The van der Waals surface area contributed by atoms with Crippen LogP contribution in [0.15, 0.2) is 42.5 Å². The summed E-state index contributed by atoms with van der Waals surface area (Å²) in [6.45, 7) is 3.63. The fraction of sp³-hybridized carbons (Fsp3) is 0.316. The lowest BCUT2D eigenvalue weighted by molar-refractivity contribution is -0.121. The molecule has 1 heterocycles. The lowest BCUT2D eigenvalue weighted by Gasteiger charge is -2.32. The smallest absolute Gasteiger partial charge is 0.241 e. The third kappa shape index (κ3) is 4.81. The highest BCUT2D eigenvalue weighted by Gasteiger charge is 2.25. The molecule has 26 heavy (non-hydrogen) atoms. The molecule has 1 aliphatic heterocycles. The Balaban J connectivity index is 0.00000169. The molecule has 1 unspecified atom stereocenters. The number of nitrogen functional groups attached to an aromatic ring is 1. The van der Waals surface area contributed by atoms with Crippen molar-refractivity contribution in [3.8, 4) is 5.75 Å². The Morgan fingerprint density at radius 2 is 1.88 bits per heavy atom. The van der Waals surface area contributed by atoms with E-state index in [4.69, 9.17) is 10.5 Å². The number of nitrogens with zero attached hydrogens (tertiary/aromatic N) is 1. The first kappa shape index (κ1) is 22.1. The Morgan fingerprint density at radius 1 is 1.19 bits per heavy atom.